The molecule has 0 unspecified atom stereocenters. The Morgan fingerprint density at radius 3 is 2.09 bits per heavy atom. The lowest BCUT2D eigenvalue weighted by Gasteiger charge is -2.26. The van der Waals surface area contributed by atoms with Gasteiger partial charge in [0.2, 0.25) is 0 Å². The SMILES string of the molecule is CC/C(=C(\c1ccc(Cl)cc1)c1ccc(OCCN2CCNCC2)cc1)c1ccccc1. The second-order valence-corrected chi connectivity index (χ2v) is 8.48. The van der Waals surface area contributed by atoms with Crippen LogP contribution in [0.5, 0.6) is 5.75 Å². The molecule has 0 saturated carbocycles. The smallest absolute Gasteiger partial charge is 0.119 e. The average Bonchev–Trinajstić information content (AvgIpc) is 2.85. The van der Waals surface area contributed by atoms with Crippen molar-refractivity contribution in [2.75, 3.05) is 39.3 Å². The molecule has 0 aliphatic carbocycles. The van der Waals surface area contributed by atoms with Gasteiger partial charge in [0.25, 0.3) is 0 Å². The molecule has 4 heteroatoms. The van der Waals surface area contributed by atoms with Crippen LogP contribution in [0.4, 0.5) is 0 Å². The summed E-state index contributed by atoms with van der Waals surface area (Å²) in [7, 11) is 0. The van der Waals surface area contributed by atoms with E-state index in [0.717, 1.165) is 49.9 Å². The Balaban J connectivity index is 1.58. The third kappa shape index (κ3) is 5.80. The fourth-order valence-electron chi connectivity index (χ4n) is 4.24. The predicted octanol–water partition coefficient (Wildman–Crippen LogP) is 5.99. The largest absolute Gasteiger partial charge is 0.492 e. The van der Waals surface area contributed by atoms with E-state index in [4.69, 9.17) is 16.3 Å². The van der Waals surface area contributed by atoms with Gasteiger partial charge in [0, 0.05) is 37.7 Å². The highest BCUT2D eigenvalue weighted by Crippen LogP contribution is 2.35. The Hall–Kier alpha value is -2.59. The molecule has 1 aliphatic heterocycles. The van der Waals surface area contributed by atoms with E-state index in [1.54, 1.807) is 0 Å². The van der Waals surface area contributed by atoms with Crippen molar-refractivity contribution in [2.24, 2.45) is 0 Å². The fraction of sp³-hybridized carbons (Fsp3) is 0.286. The minimum Gasteiger partial charge on any atom is -0.492 e. The van der Waals surface area contributed by atoms with Gasteiger partial charge in [-0.05, 0) is 58.5 Å². The number of nitrogens with zero attached hydrogens (tertiary/aromatic N) is 1. The molecule has 3 nitrogen and oxygen atoms in total. The zero-order valence-electron chi connectivity index (χ0n) is 18.7. The molecule has 0 aromatic heterocycles. The minimum absolute atomic E-state index is 0.712. The van der Waals surface area contributed by atoms with E-state index >= 15 is 0 Å². The summed E-state index contributed by atoms with van der Waals surface area (Å²) in [5.41, 5.74) is 6.16. The molecule has 3 aromatic rings. The highest BCUT2D eigenvalue weighted by atomic mass is 35.5. The minimum atomic E-state index is 0.712. The third-order valence-electron chi connectivity index (χ3n) is 5.94. The lowest BCUT2D eigenvalue weighted by Crippen LogP contribution is -2.44. The maximum absolute atomic E-state index is 6.18. The van der Waals surface area contributed by atoms with Crippen molar-refractivity contribution in [2.45, 2.75) is 13.3 Å². The second-order valence-electron chi connectivity index (χ2n) is 8.04. The Morgan fingerprint density at radius 2 is 1.47 bits per heavy atom. The molecule has 1 N–H and O–H groups in total. The first-order valence-corrected chi connectivity index (χ1v) is 11.8. The normalized spacial score (nSPS) is 15.3. The monoisotopic (exact) mass is 446 g/mol. The Labute approximate surface area is 196 Å². The highest BCUT2D eigenvalue weighted by molar-refractivity contribution is 6.30. The number of nitrogens with one attached hydrogen (secondary N) is 1. The molecule has 0 bridgehead atoms. The van der Waals surface area contributed by atoms with Crippen molar-refractivity contribution in [3.8, 4) is 5.75 Å². The molecule has 1 heterocycles. The molecule has 3 aromatic carbocycles. The zero-order chi connectivity index (χ0) is 22.2. The molecular formula is C28H31ClN2O. The molecular weight excluding hydrogens is 416 g/mol. The Morgan fingerprint density at radius 1 is 0.844 bits per heavy atom. The van der Waals surface area contributed by atoms with Gasteiger partial charge in [-0.25, -0.2) is 0 Å². The van der Waals surface area contributed by atoms with Gasteiger partial charge in [0.05, 0.1) is 0 Å². The van der Waals surface area contributed by atoms with Crippen LogP contribution < -0.4 is 10.1 Å². The van der Waals surface area contributed by atoms with Gasteiger partial charge in [-0.1, -0.05) is 73.1 Å². The molecule has 1 fully saturated rings. The molecule has 0 atom stereocenters. The van der Waals surface area contributed by atoms with E-state index in [9.17, 15) is 0 Å². The van der Waals surface area contributed by atoms with Gasteiger partial charge in [-0.15, -0.1) is 0 Å². The molecule has 0 amide bonds. The van der Waals surface area contributed by atoms with Crippen molar-refractivity contribution in [3.63, 3.8) is 0 Å². The lowest BCUT2D eigenvalue weighted by atomic mass is 9.88. The van der Waals surface area contributed by atoms with Gasteiger partial charge < -0.3 is 10.1 Å². The molecule has 0 radical (unpaired) electrons. The van der Waals surface area contributed by atoms with Crippen LogP contribution in [0.25, 0.3) is 11.1 Å². The van der Waals surface area contributed by atoms with Gasteiger partial charge in [0.15, 0.2) is 0 Å². The van der Waals surface area contributed by atoms with Gasteiger partial charge in [-0.2, -0.15) is 0 Å². The van der Waals surface area contributed by atoms with Crippen LogP contribution in [-0.4, -0.2) is 44.2 Å². The summed E-state index contributed by atoms with van der Waals surface area (Å²) in [6, 6.07) is 27.3. The maximum Gasteiger partial charge on any atom is 0.119 e. The number of hydrogen-bond acceptors (Lipinski definition) is 3. The molecule has 1 aliphatic rings. The number of hydrogen-bond donors (Lipinski definition) is 1. The van der Waals surface area contributed by atoms with Crippen LogP contribution in [-0.2, 0) is 0 Å². The second kappa shape index (κ2) is 11.3. The molecule has 4 rings (SSSR count). The standard InChI is InChI=1S/C28H31ClN2O/c1-2-27(22-6-4-3-5-7-22)28(23-8-12-25(29)13-9-23)24-10-14-26(15-11-24)32-21-20-31-18-16-30-17-19-31/h3-15,30H,2,16-21H2,1H3/b28-27-. The van der Waals surface area contributed by atoms with E-state index in [2.05, 4.69) is 83.9 Å². The molecule has 1 saturated heterocycles. The summed E-state index contributed by atoms with van der Waals surface area (Å²) < 4.78 is 6.04. The fourth-order valence-corrected chi connectivity index (χ4v) is 4.37. The molecule has 0 spiro atoms. The van der Waals surface area contributed by atoms with Crippen LogP contribution in [0.3, 0.4) is 0 Å². The average molecular weight is 447 g/mol. The van der Waals surface area contributed by atoms with E-state index < -0.39 is 0 Å². The van der Waals surface area contributed by atoms with E-state index in [1.165, 1.54) is 27.8 Å². The van der Waals surface area contributed by atoms with Crippen LogP contribution >= 0.6 is 11.6 Å². The van der Waals surface area contributed by atoms with E-state index in [1.807, 2.05) is 12.1 Å². The van der Waals surface area contributed by atoms with E-state index in [0.29, 0.717) is 6.61 Å². The van der Waals surface area contributed by atoms with Crippen molar-refractivity contribution < 1.29 is 4.74 Å². The highest BCUT2D eigenvalue weighted by Gasteiger charge is 2.14. The first-order valence-electron chi connectivity index (χ1n) is 11.5. The first kappa shape index (κ1) is 22.6. The van der Waals surface area contributed by atoms with Crippen LogP contribution in [0.15, 0.2) is 78.9 Å². The van der Waals surface area contributed by atoms with Gasteiger partial charge >= 0.3 is 0 Å². The summed E-state index contributed by atoms with van der Waals surface area (Å²) in [5, 5.41) is 4.14. The van der Waals surface area contributed by atoms with Crippen molar-refractivity contribution in [1.29, 1.82) is 0 Å². The zero-order valence-corrected chi connectivity index (χ0v) is 19.4. The number of benzene rings is 3. The van der Waals surface area contributed by atoms with Gasteiger partial charge in [-0.3, -0.25) is 4.90 Å². The quantitative estimate of drug-likeness (QED) is 0.430. The third-order valence-corrected chi connectivity index (χ3v) is 6.19. The topological polar surface area (TPSA) is 24.5 Å². The number of halogens is 1. The van der Waals surface area contributed by atoms with Crippen LogP contribution in [0.1, 0.15) is 30.0 Å². The Bertz CT molecular complexity index is 1010. The lowest BCUT2D eigenvalue weighted by molar-refractivity contribution is 0.191. The summed E-state index contributed by atoms with van der Waals surface area (Å²) in [6.45, 7) is 8.21. The van der Waals surface area contributed by atoms with Crippen molar-refractivity contribution in [1.82, 2.24) is 10.2 Å². The number of piperazine rings is 1. The number of allylic oxidation sites excluding steroid dienone is 1. The summed E-state index contributed by atoms with van der Waals surface area (Å²) in [4.78, 5) is 2.44. The number of rotatable bonds is 8. The maximum atomic E-state index is 6.18. The Kier molecular flexibility index (Phi) is 8.00. The molecule has 32 heavy (non-hydrogen) atoms. The van der Waals surface area contributed by atoms with Crippen molar-refractivity contribution >= 4 is 22.7 Å². The number of ether oxygens (including phenoxy) is 1. The van der Waals surface area contributed by atoms with E-state index in [-0.39, 0.29) is 0 Å². The van der Waals surface area contributed by atoms with Gasteiger partial charge in [0.1, 0.15) is 12.4 Å². The van der Waals surface area contributed by atoms with Crippen LogP contribution in [0, 0.1) is 0 Å². The molecule has 166 valence electrons. The van der Waals surface area contributed by atoms with Crippen molar-refractivity contribution in [3.05, 3.63) is 101 Å². The van der Waals surface area contributed by atoms with Crippen LogP contribution in [0.2, 0.25) is 5.02 Å². The summed E-state index contributed by atoms with van der Waals surface area (Å²) in [5.74, 6) is 0.914. The first-order chi connectivity index (χ1) is 15.7. The summed E-state index contributed by atoms with van der Waals surface area (Å²) in [6.07, 6.45) is 0.935. The summed E-state index contributed by atoms with van der Waals surface area (Å²) >= 11 is 6.18. The predicted molar refractivity (Wildman–Crippen MR) is 135 cm³/mol.